The number of hydrogen-bond acceptors (Lipinski definition) is 2. The van der Waals surface area contributed by atoms with Crippen LogP contribution in [0.3, 0.4) is 0 Å². The molecule has 1 N–H and O–H groups in total. The fourth-order valence-electron chi connectivity index (χ4n) is 1.33. The fraction of sp³-hybridized carbons (Fsp3) is 0.111. The number of carboxylic acids is 1. The van der Waals surface area contributed by atoms with E-state index in [4.69, 9.17) is 5.11 Å². The van der Waals surface area contributed by atoms with Gasteiger partial charge in [0, 0.05) is 0 Å². The summed E-state index contributed by atoms with van der Waals surface area (Å²) in [6.07, 6.45) is 1.16. The van der Waals surface area contributed by atoms with Gasteiger partial charge >= 0.3 is 5.97 Å². The summed E-state index contributed by atoms with van der Waals surface area (Å²) in [6.45, 7) is 0. The van der Waals surface area contributed by atoms with Crippen molar-refractivity contribution in [2.75, 3.05) is 0 Å². The Balaban J connectivity index is 2.61. The molecule has 2 aromatic rings. The van der Waals surface area contributed by atoms with E-state index in [9.17, 15) is 9.18 Å². The Hall–Kier alpha value is -1.91. The zero-order valence-electron chi connectivity index (χ0n) is 7.14. The molecule has 0 unspecified atom stereocenters. The second-order valence-electron chi connectivity index (χ2n) is 2.85. The molecule has 4 nitrogen and oxygen atoms in total. The van der Waals surface area contributed by atoms with Gasteiger partial charge in [-0.1, -0.05) is 6.07 Å². The Morgan fingerprint density at radius 3 is 3.07 bits per heavy atom. The van der Waals surface area contributed by atoms with E-state index in [0.29, 0.717) is 5.52 Å². The molecule has 0 aromatic carbocycles. The lowest BCUT2D eigenvalue weighted by molar-refractivity contribution is -0.136. The van der Waals surface area contributed by atoms with Crippen LogP contribution in [-0.4, -0.2) is 20.5 Å². The third-order valence-electron chi connectivity index (χ3n) is 1.89. The second kappa shape index (κ2) is 3.10. The van der Waals surface area contributed by atoms with E-state index in [2.05, 4.69) is 4.98 Å². The van der Waals surface area contributed by atoms with Crippen molar-refractivity contribution in [1.82, 2.24) is 9.38 Å². The van der Waals surface area contributed by atoms with E-state index in [0.717, 1.165) is 0 Å². The average Bonchev–Trinajstić information content (AvgIpc) is 2.49. The van der Waals surface area contributed by atoms with Crippen LogP contribution in [0.15, 0.2) is 24.4 Å². The lowest BCUT2D eigenvalue weighted by Crippen LogP contribution is -2.06. The molecular formula is C9H7FN2O2. The second-order valence-corrected chi connectivity index (χ2v) is 2.85. The predicted molar refractivity (Wildman–Crippen MR) is 46.5 cm³/mol. The van der Waals surface area contributed by atoms with Gasteiger partial charge < -0.3 is 5.11 Å². The topological polar surface area (TPSA) is 54.6 Å². The zero-order valence-corrected chi connectivity index (χ0v) is 7.14. The highest BCUT2D eigenvalue weighted by molar-refractivity contribution is 5.69. The first kappa shape index (κ1) is 8.68. The van der Waals surface area contributed by atoms with Crippen molar-refractivity contribution in [3.8, 4) is 0 Å². The highest BCUT2D eigenvalue weighted by atomic mass is 19.1. The van der Waals surface area contributed by atoms with Gasteiger partial charge in [0.05, 0.1) is 11.7 Å². The van der Waals surface area contributed by atoms with Crippen LogP contribution >= 0.6 is 0 Å². The average molecular weight is 194 g/mol. The molecule has 5 heteroatoms. The van der Waals surface area contributed by atoms with Crippen molar-refractivity contribution in [3.05, 3.63) is 36.2 Å². The third-order valence-corrected chi connectivity index (χ3v) is 1.89. The molecule has 72 valence electrons. The van der Waals surface area contributed by atoms with E-state index in [1.807, 2.05) is 0 Å². The maximum absolute atomic E-state index is 13.3. The van der Waals surface area contributed by atoms with Gasteiger partial charge in [0.25, 0.3) is 0 Å². The maximum Gasteiger partial charge on any atom is 0.311 e. The van der Waals surface area contributed by atoms with E-state index in [1.165, 1.54) is 16.7 Å². The zero-order chi connectivity index (χ0) is 10.1. The lowest BCUT2D eigenvalue weighted by atomic mass is 10.4. The Morgan fingerprint density at radius 2 is 2.36 bits per heavy atom. The van der Waals surface area contributed by atoms with Gasteiger partial charge in [0.15, 0.2) is 5.95 Å². The number of halogens is 1. The maximum atomic E-state index is 13.3. The fourth-order valence-corrected chi connectivity index (χ4v) is 1.33. The first-order valence-electron chi connectivity index (χ1n) is 4.01. The number of pyridine rings is 1. The summed E-state index contributed by atoms with van der Waals surface area (Å²) in [4.78, 5) is 14.3. The number of carbonyl (C=O) groups is 1. The number of aromatic nitrogens is 2. The van der Waals surface area contributed by atoms with Crippen molar-refractivity contribution < 1.29 is 14.3 Å². The summed E-state index contributed by atoms with van der Waals surface area (Å²) in [5.74, 6) is -1.33. The van der Waals surface area contributed by atoms with Crippen molar-refractivity contribution in [2.24, 2.45) is 0 Å². The van der Waals surface area contributed by atoms with Crippen molar-refractivity contribution in [3.63, 3.8) is 0 Å². The first-order valence-corrected chi connectivity index (χ1v) is 4.01. The van der Waals surface area contributed by atoms with Gasteiger partial charge in [0.2, 0.25) is 0 Å². The molecule has 2 rings (SSSR count). The van der Waals surface area contributed by atoms with Crippen LogP contribution in [0, 0.1) is 5.95 Å². The van der Waals surface area contributed by atoms with Crippen molar-refractivity contribution in [2.45, 2.75) is 6.42 Å². The van der Waals surface area contributed by atoms with Crippen LogP contribution in [-0.2, 0) is 11.2 Å². The molecule has 0 saturated heterocycles. The number of rotatable bonds is 2. The number of carboxylic acid groups (broad SMARTS) is 1. The van der Waals surface area contributed by atoms with E-state index < -0.39 is 11.9 Å². The smallest absolute Gasteiger partial charge is 0.311 e. The van der Waals surface area contributed by atoms with Crippen LogP contribution in [0.1, 0.15) is 5.82 Å². The van der Waals surface area contributed by atoms with Crippen LogP contribution < -0.4 is 0 Å². The standard InChI is InChI=1S/C9H7FN2O2/c10-7-3-1-2-6-5-11-8(12(6)7)4-9(13)14/h1-3,5H,4H2,(H,13,14). The molecule has 0 amide bonds. The third kappa shape index (κ3) is 1.32. The van der Waals surface area contributed by atoms with E-state index in [1.54, 1.807) is 12.1 Å². The molecule has 0 spiro atoms. The number of hydrogen-bond donors (Lipinski definition) is 1. The summed E-state index contributed by atoms with van der Waals surface area (Å²) in [6, 6.07) is 4.48. The molecule has 0 fully saturated rings. The molecule has 0 aliphatic carbocycles. The van der Waals surface area contributed by atoms with Gasteiger partial charge in [-0.15, -0.1) is 0 Å². The molecule has 0 aliphatic heterocycles. The SMILES string of the molecule is O=C(O)Cc1ncc2cccc(F)n12. The molecule has 2 heterocycles. The Labute approximate surface area is 78.6 Å². The van der Waals surface area contributed by atoms with Crippen molar-refractivity contribution >= 4 is 11.5 Å². The van der Waals surface area contributed by atoms with Gasteiger partial charge in [0.1, 0.15) is 12.2 Å². The highest BCUT2D eigenvalue weighted by Gasteiger charge is 2.10. The molecule has 2 aromatic heterocycles. The minimum atomic E-state index is -1.03. The Morgan fingerprint density at radius 1 is 1.57 bits per heavy atom. The van der Waals surface area contributed by atoms with Crippen molar-refractivity contribution in [1.29, 1.82) is 0 Å². The van der Waals surface area contributed by atoms with E-state index >= 15 is 0 Å². The molecule has 0 saturated carbocycles. The first-order chi connectivity index (χ1) is 6.68. The van der Waals surface area contributed by atoms with Gasteiger partial charge in [-0.05, 0) is 12.1 Å². The van der Waals surface area contributed by atoms with Gasteiger partial charge in [-0.25, -0.2) is 4.98 Å². The minimum absolute atomic E-state index is 0.200. The molecule has 0 bridgehead atoms. The molecule has 0 aliphatic rings. The largest absolute Gasteiger partial charge is 0.481 e. The molecule has 14 heavy (non-hydrogen) atoms. The summed E-state index contributed by atoms with van der Waals surface area (Å²) < 4.78 is 14.4. The summed E-state index contributed by atoms with van der Waals surface area (Å²) in [5.41, 5.74) is 0.557. The van der Waals surface area contributed by atoms with Crippen LogP contribution in [0.4, 0.5) is 4.39 Å². The lowest BCUT2D eigenvalue weighted by Gasteiger charge is -1.99. The van der Waals surface area contributed by atoms with Gasteiger partial charge in [-0.2, -0.15) is 4.39 Å². The van der Waals surface area contributed by atoms with E-state index in [-0.39, 0.29) is 12.2 Å². The highest BCUT2D eigenvalue weighted by Crippen LogP contribution is 2.10. The summed E-state index contributed by atoms with van der Waals surface area (Å²) >= 11 is 0. The number of nitrogens with zero attached hydrogens (tertiary/aromatic N) is 2. The number of aliphatic carboxylic acids is 1. The number of imidazole rings is 1. The Kier molecular flexibility index (Phi) is 1.92. The van der Waals surface area contributed by atoms with Crippen LogP contribution in [0.5, 0.6) is 0 Å². The monoisotopic (exact) mass is 194 g/mol. The Bertz CT molecular complexity index is 493. The molecule has 0 atom stereocenters. The molecule has 0 radical (unpaired) electrons. The van der Waals surface area contributed by atoms with Crippen LogP contribution in [0.2, 0.25) is 0 Å². The minimum Gasteiger partial charge on any atom is -0.481 e. The number of fused-ring (bicyclic) bond motifs is 1. The van der Waals surface area contributed by atoms with Crippen LogP contribution in [0.25, 0.3) is 5.52 Å². The predicted octanol–water partition coefficient (Wildman–Crippen LogP) is 1.10. The summed E-state index contributed by atoms with van der Waals surface area (Å²) in [7, 11) is 0. The summed E-state index contributed by atoms with van der Waals surface area (Å²) in [5, 5.41) is 8.56. The van der Waals surface area contributed by atoms with Gasteiger partial charge in [-0.3, -0.25) is 9.20 Å². The molecular weight excluding hydrogens is 187 g/mol. The normalized spacial score (nSPS) is 10.6. The quantitative estimate of drug-likeness (QED) is 0.728.